The maximum atomic E-state index is 13.0. The number of amides is 3. The normalized spacial score (nSPS) is 13.7. The van der Waals surface area contributed by atoms with E-state index in [1.54, 1.807) is 0 Å². The number of nitrogens with zero attached hydrogens (tertiary/aromatic N) is 3. The van der Waals surface area contributed by atoms with Crippen molar-refractivity contribution in [3.63, 3.8) is 0 Å². The number of nitrogens with one attached hydrogen (secondary N) is 2. The number of carboxylic acid groups (broad SMARTS) is 1. The second-order valence-electron chi connectivity index (χ2n) is 7.01. The van der Waals surface area contributed by atoms with E-state index in [0.717, 1.165) is 16.6 Å². The van der Waals surface area contributed by atoms with Gasteiger partial charge in [0.25, 0.3) is 0 Å². The number of aromatic nitrogens is 2. The summed E-state index contributed by atoms with van der Waals surface area (Å²) in [5, 5.41) is 13.9. The van der Waals surface area contributed by atoms with E-state index in [-0.39, 0.29) is 6.42 Å². The number of imidazole rings is 1. The number of carbonyl (C=O) groups excluding carboxylic acids is 2. The molecule has 9 nitrogen and oxygen atoms in total. The highest BCUT2D eigenvalue weighted by Crippen LogP contribution is 2.27. The molecule has 0 spiro atoms. The summed E-state index contributed by atoms with van der Waals surface area (Å²) in [6.45, 7) is 0.533. The van der Waals surface area contributed by atoms with Crippen molar-refractivity contribution in [3.05, 3.63) is 60.2 Å². The van der Waals surface area contributed by atoms with Crippen molar-refractivity contribution in [1.82, 2.24) is 20.2 Å². The first-order valence-corrected chi connectivity index (χ1v) is 9.59. The number of benzene rings is 2. The van der Waals surface area contributed by atoms with Crippen LogP contribution in [0.5, 0.6) is 0 Å². The lowest BCUT2D eigenvalue weighted by atomic mass is 10.1. The third-order valence-electron chi connectivity index (χ3n) is 4.98. The molecule has 0 unspecified atom stereocenters. The molecule has 1 aliphatic heterocycles. The Hall–Kier alpha value is -3.88. The summed E-state index contributed by atoms with van der Waals surface area (Å²) in [6, 6.07) is 15.5. The summed E-state index contributed by atoms with van der Waals surface area (Å²) in [4.78, 5) is 42.4. The summed E-state index contributed by atoms with van der Waals surface area (Å²) in [6.07, 6.45) is 0.238. The average molecular weight is 407 g/mol. The Morgan fingerprint density at radius 2 is 1.77 bits per heavy atom. The van der Waals surface area contributed by atoms with Crippen LogP contribution in [-0.2, 0) is 22.6 Å². The van der Waals surface area contributed by atoms with E-state index in [4.69, 9.17) is 5.11 Å². The molecule has 2 aromatic carbocycles. The maximum Gasteiger partial charge on any atom is 0.324 e. The van der Waals surface area contributed by atoms with Crippen LogP contribution in [0.1, 0.15) is 5.56 Å². The van der Waals surface area contributed by atoms with Crippen LogP contribution >= 0.6 is 0 Å². The number of hydrogen-bond acceptors (Lipinski definition) is 4. The molecule has 1 aromatic heterocycles. The fourth-order valence-corrected chi connectivity index (χ4v) is 3.55. The Kier molecular flexibility index (Phi) is 5.34. The van der Waals surface area contributed by atoms with Crippen molar-refractivity contribution in [2.24, 2.45) is 0 Å². The quantitative estimate of drug-likeness (QED) is 0.571. The molecule has 0 saturated heterocycles. The monoisotopic (exact) mass is 407 g/mol. The summed E-state index contributed by atoms with van der Waals surface area (Å²) in [7, 11) is 0. The van der Waals surface area contributed by atoms with Gasteiger partial charge in [-0.15, -0.1) is 0 Å². The molecule has 0 aliphatic carbocycles. The van der Waals surface area contributed by atoms with E-state index in [1.807, 2.05) is 59.2 Å². The van der Waals surface area contributed by atoms with Gasteiger partial charge in [-0.3, -0.25) is 14.5 Å². The van der Waals surface area contributed by atoms with Crippen molar-refractivity contribution in [2.75, 3.05) is 18.0 Å². The molecule has 0 saturated carbocycles. The Morgan fingerprint density at radius 3 is 2.53 bits per heavy atom. The van der Waals surface area contributed by atoms with Gasteiger partial charge in [-0.25, -0.2) is 9.78 Å². The number of anilines is 1. The molecule has 2 heterocycles. The van der Waals surface area contributed by atoms with Crippen molar-refractivity contribution < 1.29 is 19.5 Å². The number of urea groups is 1. The van der Waals surface area contributed by atoms with Gasteiger partial charge in [0.15, 0.2) is 0 Å². The number of carbonyl (C=O) groups is 3. The second-order valence-corrected chi connectivity index (χ2v) is 7.01. The van der Waals surface area contributed by atoms with E-state index < -0.39 is 30.5 Å². The smallest absolute Gasteiger partial charge is 0.324 e. The molecule has 3 aromatic rings. The van der Waals surface area contributed by atoms with Gasteiger partial charge in [0.05, 0.1) is 11.0 Å². The Balaban J connectivity index is 1.53. The van der Waals surface area contributed by atoms with Gasteiger partial charge in [-0.2, -0.15) is 0 Å². The fourth-order valence-electron chi connectivity index (χ4n) is 3.55. The number of aliphatic carboxylic acids is 1. The number of para-hydroxylation sites is 2. The zero-order valence-corrected chi connectivity index (χ0v) is 16.1. The number of rotatable bonds is 6. The van der Waals surface area contributed by atoms with Crippen molar-refractivity contribution in [1.29, 1.82) is 0 Å². The first kappa shape index (κ1) is 19.4. The minimum atomic E-state index is -1.15. The van der Waals surface area contributed by atoms with Gasteiger partial charge in [0.2, 0.25) is 11.9 Å². The predicted octanol–water partition coefficient (Wildman–Crippen LogP) is 1.38. The first-order chi connectivity index (χ1) is 14.5. The minimum absolute atomic E-state index is 0.238. The van der Waals surface area contributed by atoms with Crippen molar-refractivity contribution in [2.45, 2.75) is 19.0 Å². The molecule has 0 fully saturated rings. The lowest BCUT2D eigenvalue weighted by molar-refractivity contribution is -0.138. The van der Waals surface area contributed by atoms with Crippen LogP contribution < -0.4 is 15.5 Å². The van der Waals surface area contributed by atoms with E-state index in [1.165, 1.54) is 4.90 Å². The molecule has 0 radical (unpaired) electrons. The van der Waals surface area contributed by atoms with E-state index in [0.29, 0.717) is 19.0 Å². The van der Waals surface area contributed by atoms with Crippen LogP contribution in [0.4, 0.5) is 10.7 Å². The van der Waals surface area contributed by atoms with Gasteiger partial charge < -0.3 is 20.3 Å². The maximum absolute atomic E-state index is 13.0. The topological polar surface area (TPSA) is 117 Å². The van der Waals surface area contributed by atoms with Crippen LogP contribution in [0.25, 0.3) is 11.0 Å². The van der Waals surface area contributed by atoms with Crippen LogP contribution in [0.15, 0.2) is 54.6 Å². The molecule has 4 rings (SSSR count). The standard InChI is InChI=1S/C21H21N5O4/c27-18(28)13-22-19(29)16(12-14-6-2-1-3-7-14)24-21(30)26-11-10-25-17-9-5-4-8-15(17)23-20(25)26/h1-9,16H,10-13H2,(H,22,29)(H,24,30)(H,27,28)/t16-/m0/s1. The van der Waals surface area contributed by atoms with Crippen LogP contribution in [0.2, 0.25) is 0 Å². The third-order valence-corrected chi connectivity index (χ3v) is 4.98. The number of fused-ring (bicyclic) bond motifs is 3. The van der Waals surface area contributed by atoms with Crippen LogP contribution in [0.3, 0.4) is 0 Å². The Bertz CT molecular complexity index is 1100. The minimum Gasteiger partial charge on any atom is -0.480 e. The van der Waals surface area contributed by atoms with Gasteiger partial charge in [0, 0.05) is 19.5 Å². The van der Waals surface area contributed by atoms with Gasteiger partial charge in [-0.1, -0.05) is 42.5 Å². The van der Waals surface area contributed by atoms with E-state index >= 15 is 0 Å². The molecule has 0 bridgehead atoms. The average Bonchev–Trinajstić information content (AvgIpc) is 3.31. The van der Waals surface area contributed by atoms with Crippen LogP contribution in [0, 0.1) is 0 Å². The molecular weight excluding hydrogens is 386 g/mol. The molecule has 1 aliphatic rings. The summed E-state index contributed by atoms with van der Waals surface area (Å²) >= 11 is 0. The van der Waals surface area contributed by atoms with E-state index in [9.17, 15) is 14.4 Å². The molecule has 3 amide bonds. The Morgan fingerprint density at radius 1 is 1.03 bits per heavy atom. The predicted molar refractivity (Wildman–Crippen MR) is 110 cm³/mol. The largest absolute Gasteiger partial charge is 0.480 e. The van der Waals surface area contributed by atoms with Gasteiger partial charge >= 0.3 is 12.0 Å². The molecule has 9 heteroatoms. The molecule has 30 heavy (non-hydrogen) atoms. The lowest BCUT2D eigenvalue weighted by Gasteiger charge is -2.22. The molecule has 154 valence electrons. The summed E-state index contributed by atoms with van der Waals surface area (Å²) in [5.41, 5.74) is 2.59. The summed E-state index contributed by atoms with van der Waals surface area (Å²) in [5.74, 6) is -1.18. The number of carboxylic acids is 1. The molecule has 3 N–H and O–H groups in total. The highest BCUT2D eigenvalue weighted by molar-refractivity contribution is 5.97. The van der Waals surface area contributed by atoms with Gasteiger partial charge in [-0.05, 0) is 17.7 Å². The van der Waals surface area contributed by atoms with Crippen LogP contribution in [-0.4, -0.2) is 51.7 Å². The van der Waals surface area contributed by atoms with Crippen molar-refractivity contribution in [3.8, 4) is 0 Å². The zero-order valence-electron chi connectivity index (χ0n) is 16.1. The highest BCUT2D eigenvalue weighted by atomic mass is 16.4. The zero-order chi connectivity index (χ0) is 21.1. The van der Waals surface area contributed by atoms with Crippen molar-refractivity contribution >= 4 is 34.9 Å². The highest BCUT2D eigenvalue weighted by Gasteiger charge is 2.31. The Labute approximate surface area is 172 Å². The van der Waals surface area contributed by atoms with Gasteiger partial charge in [0.1, 0.15) is 12.6 Å². The van der Waals surface area contributed by atoms with E-state index in [2.05, 4.69) is 15.6 Å². The molecule has 1 atom stereocenters. The lowest BCUT2D eigenvalue weighted by Crippen LogP contribution is -2.52. The molecular formula is C21H21N5O4. The second kappa shape index (κ2) is 8.24. The SMILES string of the molecule is O=C(O)CNC(=O)[C@H](Cc1ccccc1)NC(=O)N1CCn2c1nc1ccccc12. The fraction of sp³-hybridized carbons (Fsp3) is 0.238. The number of hydrogen-bond donors (Lipinski definition) is 3. The summed E-state index contributed by atoms with van der Waals surface area (Å²) < 4.78 is 1.96. The third kappa shape index (κ3) is 3.95. The first-order valence-electron chi connectivity index (χ1n) is 9.59.